The van der Waals surface area contributed by atoms with E-state index >= 15 is 0 Å². The van der Waals surface area contributed by atoms with Crippen molar-refractivity contribution in [1.29, 1.82) is 0 Å². The van der Waals surface area contributed by atoms with E-state index in [1.54, 1.807) is 0 Å². The smallest absolute Gasteiger partial charge is 0.324 e. The Labute approximate surface area is 102 Å². The van der Waals surface area contributed by atoms with Crippen molar-refractivity contribution in [2.45, 2.75) is 44.4 Å². The van der Waals surface area contributed by atoms with Crippen LogP contribution >= 0.6 is 0 Å². The van der Waals surface area contributed by atoms with Gasteiger partial charge in [0.15, 0.2) is 0 Å². The minimum atomic E-state index is -0.287. The van der Waals surface area contributed by atoms with Crippen LogP contribution in [0.2, 0.25) is 0 Å². The van der Waals surface area contributed by atoms with Gasteiger partial charge in [0, 0.05) is 25.7 Å². The van der Waals surface area contributed by atoms with Crippen molar-refractivity contribution in [3.63, 3.8) is 0 Å². The van der Waals surface area contributed by atoms with Crippen LogP contribution in [-0.4, -0.2) is 60.4 Å². The number of carbonyl (C=O) groups is 1. The predicted molar refractivity (Wildman–Crippen MR) is 63.6 cm³/mol. The maximum Gasteiger partial charge on any atom is 0.324 e. The summed E-state index contributed by atoms with van der Waals surface area (Å²) in [6.45, 7) is 4.55. The van der Waals surface area contributed by atoms with E-state index in [4.69, 9.17) is 4.74 Å². The third kappa shape index (κ3) is 2.78. The number of ether oxygens (including phenoxy) is 1. The minimum Gasteiger partial charge on any atom is -0.465 e. The molecule has 2 N–H and O–H groups in total. The van der Waals surface area contributed by atoms with Gasteiger partial charge in [-0.25, -0.2) is 0 Å². The molecular formula is C12H22N2O3. The molecule has 3 unspecified atom stereocenters. The number of esters is 1. The fourth-order valence-corrected chi connectivity index (χ4v) is 2.88. The van der Waals surface area contributed by atoms with E-state index in [9.17, 15) is 9.90 Å². The van der Waals surface area contributed by atoms with Gasteiger partial charge in [-0.3, -0.25) is 9.69 Å². The lowest BCUT2D eigenvalue weighted by Crippen LogP contribution is -2.60. The molecule has 2 fully saturated rings. The van der Waals surface area contributed by atoms with Crippen LogP contribution in [0.1, 0.15) is 26.2 Å². The first kappa shape index (κ1) is 12.8. The normalized spacial score (nSPS) is 34.8. The quantitative estimate of drug-likeness (QED) is 0.668. The van der Waals surface area contributed by atoms with Crippen LogP contribution in [0.15, 0.2) is 0 Å². The number of nitrogens with one attached hydrogen (secondary N) is 1. The SMILES string of the molecule is CCOC(=O)C1CNCCN1C1CCCC1O. The number of nitrogens with zero attached hydrogens (tertiary/aromatic N) is 1. The molecule has 0 spiro atoms. The summed E-state index contributed by atoms with van der Waals surface area (Å²) in [5, 5.41) is 13.2. The summed E-state index contributed by atoms with van der Waals surface area (Å²) in [4.78, 5) is 14.0. The van der Waals surface area contributed by atoms with Crippen molar-refractivity contribution in [2.24, 2.45) is 0 Å². The van der Waals surface area contributed by atoms with Gasteiger partial charge in [-0.2, -0.15) is 0 Å². The van der Waals surface area contributed by atoms with Gasteiger partial charge in [0.1, 0.15) is 6.04 Å². The summed E-state index contributed by atoms with van der Waals surface area (Å²) < 4.78 is 5.10. The minimum absolute atomic E-state index is 0.131. The lowest BCUT2D eigenvalue weighted by atomic mass is 10.1. The van der Waals surface area contributed by atoms with Crippen LogP contribution in [0, 0.1) is 0 Å². The van der Waals surface area contributed by atoms with E-state index in [0.29, 0.717) is 13.2 Å². The Morgan fingerprint density at radius 3 is 3.00 bits per heavy atom. The molecule has 5 heteroatoms. The van der Waals surface area contributed by atoms with Gasteiger partial charge in [-0.15, -0.1) is 0 Å². The first-order valence-corrected chi connectivity index (χ1v) is 6.55. The Balaban J connectivity index is 2.03. The highest BCUT2D eigenvalue weighted by Crippen LogP contribution is 2.26. The second kappa shape index (κ2) is 5.80. The monoisotopic (exact) mass is 242 g/mol. The molecule has 1 saturated heterocycles. The van der Waals surface area contributed by atoms with Crippen LogP contribution in [0.5, 0.6) is 0 Å². The lowest BCUT2D eigenvalue weighted by molar-refractivity contribution is -0.152. The topological polar surface area (TPSA) is 61.8 Å². The first-order chi connectivity index (χ1) is 8.24. The summed E-state index contributed by atoms with van der Waals surface area (Å²) in [7, 11) is 0. The second-order valence-electron chi connectivity index (χ2n) is 4.78. The molecule has 2 aliphatic rings. The molecular weight excluding hydrogens is 220 g/mol. The summed E-state index contributed by atoms with van der Waals surface area (Å²) in [6, 6.07) is -0.104. The van der Waals surface area contributed by atoms with Crippen molar-refractivity contribution < 1.29 is 14.6 Å². The molecule has 1 aliphatic carbocycles. The molecule has 1 heterocycles. The molecule has 17 heavy (non-hydrogen) atoms. The maximum absolute atomic E-state index is 11.9. The summed E-state index contributed by atoms with van der Waals surface area (Å²) in [6.07, 6.45) is 2.59. The van der Waals surface area contributed by atoms with Gasteiger partial charge in [0.05, 0.1) is 12.7 Å². The molecule has 98 valence electrons. The van der Waals surface area contributed by atoms with Gasteiger partial charge in [0.2, 0.25) is 0 Å². The molecule has 5 nitrogen and oxygen atoms in total. The first-order valence-electron chi connectivity index (χ1n) is 6.55. The van der Waals surface area contributed by atoms with E-state index in [1.807, 2.05) is 6.92 Å². The molecule has 1 saturated carbocycles. The molecule has 0 bridgehead atoms. The number of hydrogen-bond acceptors (Lipinski definition) is 5. The molecule has 0 aromatic rings. The Kier molecular flexibility index (Phi) is 4.36. The summed E-state index contributed by atoms with van der Waals surface area (Å²) >= 11 is 0. The Bertz CT molecular complexity index is 272. The summed E-state index contributed by atoms with van der Waals surface area (Å²) in [5.74, 6) is -0.168. The standard InChI is InChI=1S/C12H22N2O3/c1-2-17-12(16)10-8-13-6-7-14(10)9-4-3-5-11(9)15/h9-11,13,15H,2-8H2,1H3. The molecule has 0 aromatic carbocycles. The largest absolute Gasteiger partial charge is 0.465 e. The number of rotatable bonds is 3. The van der Waals surface area contributed by atoms with Crippen LogP contribution < -0.4 is 5.32 Å². The molecule has 3 atom stereocenters. The van der Waals surface area contributed by atoms with Crippen LogP contribution in [0.4, 0.5) is 0 Å². The van der Waals surface area contributed by atoms with Gasteiger partial charge in [-0.05, 0) is 26.2 Å². The van der Waals surface area contributed by atoms with Gasteiger partial charge in [0.25, 0.3) is 0 Å². The average Bonchev–Trinajstić information content (AvgIpc) is 2.76. The van der Waals surface area contributed by atoms with Gasteiger partial charge in [-0.1, -0.05) is 0 Å². The van der Waals surface area contributed by atoms with Crippen molar-refractivity contribution >= 4 is 5.97 Å². The van der Waals surface area contributed by atoms with Crippen molar-refractivity contribution in [1.82, 2.24) is 10.2 Å². The third-order valence-electron chi connectivity index (χ3n) is 3.71. The highest BCUT2D eigenvalue weighted by atomic mass is 16.5. The highest BCUT2D eigenvalue weighted by molar-refractivity contribution is 5.76. The third-order valence-corrected chi connectivity index (χ3v) is 3.71. The maximum atomic E-state index is 11.9. The Hall–Kier alpha value is -0.650. The van der Waals surface area contributed by atoms with Crippen LogP contribution in [0.25, 0.3) is 0 Å². The number of aliphatic hydroxyl groups excluding tert-OH is 1. The zero-order valence-corrected chi connectivity index (χ0v) is 10.4. The molecule has 1 aliphatic heterocycles. The van der Waals surface area contributed by atoms with E-state index < -0.39 is 0 Å². The van der Waals surface area contributed by atoms with Gasteiger partial charge >= 0.3 is 5.97 Å². The lowest BCUT2D eigenvalue weighted by Gasteiger charge is -2.39. The number of hydrogen-bond donors (Lipinski definition) is 2. The van der Waals surface area contributed by atoms with Crippen molar-refractivity contribution in [3.05, 3.63) is 0 Å². The van der Waals surface area contributed by atoms with E-state index in [-0.39, 0.29) is 24.2 Å². The fourth-order valence-electron chi connectivity index (χ4n) is 2.88. The molecule has 0 radical (unpaired) electrons. The van der Waals surface area contributed by atoms with Crippen molar-refractivity contribution in [3.8, 4) is 0 Å². The number of carbonyl (C=O) groups excluding carboxylic acids is 1. The molecule has 0 amide bonds. The molecule has 0 aromatic heterocycles. The van der Waals surface area contributed by atoms with Crippen molar-refractivity contribution in [2.75, 3.05) is 26.2 Å². The number of piperazine rings is 1. The van der Waals surface area contributed by atoms with E-state index in [2.05, 4.69) is 10.2 Å². The van der Waals surface area contributed by atoms with E-state index in [0.717, 1.165) is 32.4 Å². The predicted octanol–water partition coefficient (Wildman–Crippen LogP) is -0.263. The van der Waals surface area contributed by atoms with Crippen LogP contribution in [-0.2, 0) is 9.53 Å². The van der Waals surface area contributed by atoms with Crippen LogP contribution in [0.3, 0.4) is 0 Å². The average molecular weight is 242 g/mol. The second-order valence-corrected chi connectivity index (χ2v) is 4.78. The zero-order valence-electron chi connectivity index (χ0n) is 10.4. The van der Waals surface area contributed by atoms with Gasteiger partial charge < -0.3 is 15.2 Å². The molecule has 2 rings (SSSR count). The Morgan fingerprint density at radius 1 is 1.53 bits per heavy atom. The van der Waals surface area contributed by atoms with E-state index in [1.165, 1.54) is 0 Å². The fraction of sp³-hybridized carbons (Fsp3) is 0.917. The summed E-state index contributed by atoms with van der Waals surface area (Å²) in [5.41, 5.74) is 0. The highest BCUT2D eigenvalue weighted by Gasteiger charge is 2.39. The zero-order chi connectivity index (χ0) is 12.3. The number of aliphatic hydroxyl groups is 1. The Morgan fingerprint density at radius 2 is 2.35 bits per heavy atom.